The third-order valence-electron chi connectivity index (χ3n) is 5.01. The van der Waals surface area contributed by atoms with E-state index in [9.17, 15) is 0 Å². The molecular formula is C20H32OSi. The summed E-state index contributed by atoms with van der Waals surface area (Å²) < 4.78 is 5.35. The van der Waals surface area contributed by atoms with Crippen LogP contribution in [0.15, 0.2) is 12.1 Å². The Balaban J connectivity index is 3.42. The van der Waals surface area contributed by atoms with Crippen molar-refractivity contribution in [3.05, 3.63) is 28.8 Å². The van der Waals surface area contributed by atoms with Gasteiger partial charge in [0.1, 0.15) is 13.8 Å². The zero-order valence-electron chi connectivity index (χ0n) is 15.8. The Morgan fingerprint density at radius 1 is 0.864 bits per heavy atom. The molecule has 0 aliphatic heterocycles. The predicted octanol–water partition coefficient (Wildman–Crippen LogP) is 5.88. The molecule has 0 radical (unpaired) electrons. The van der Waals surface area contributed by atoms with E-state index in [1.807, 2.05) is 0 Å². The molecule has 0 heterocycles. The number of hydrogen-bond donors (Lipinski definition) is 0. The molecule has 0 aliphatic rings. The summed E-state index contributed by atoms with van der Waals surface area (Å²) in [5, 5.41) is 0. The lowest BCUT2D eigenvalue weighted by Crippen LogP contribution is -2.43. The van der Waals surface area contributed by atoms with Gasteiger partial charge in [-0.3, -0.25) is 0 Å². The smallest absolute Gasteiger partial charge is 0.146 e. The van der Waals surface area contributed by atoms with E-state index in [0.29, 0.717) is 16.6 Å². The second-order valence-corrected chi connectivity index (χ2v) is 12.9. The van der Waals surface area contributed by atoms with Crippen LogP contribution in [-0.2, 0) is 0 Å². The van der Waals surface area contributed by atoms with Crippen molar-refractivity contribution in [2.75, 3.05) is 7.11 Å². The van der Waals surface area contributed by atoms with E-state index in [4.69, 9.17) is 4.74 Å². The summed E-state index contributed by atoms with van der Waals surface area (Å²) in [5.74, 6) is 4.49. The molecule has 0 spiro atoms. The average molecular weight is 317 g/mol. The van der Waals surface area contributed by atoms with Gasteiger partial charge < -0.3 is 4.74 Å². The van der Waals surface area contributed by atoms with Gasteiger partial charge in [-0.1, -0.05) is 47.5 Å². The molecule has 0 bridgehead atoms. The number of rotatable bonds is 4. The van der Waals surface area contributed by atoms with Crippen LogP contribution in [0.1, 0.15) is 58.2 Å². The molecule has 0 N–H and O–H groups in total. The zero-order valence-corrected chi connectivity index (χ0v) is 16.8. The zero-order chi connectivity index (χ0) is 17.1. The molecule has 2 heteroatoms. The standard InChI is InChI=1S/C20H32OSi/c1-14(2)22(15(3)4,16(5)6)11-10-20-17(7)12-19(21-9)13-18(20)8/h12-16H,1-9H3. The van der Waals surface area contributed by atoms with E-state index in [1.54, 1.807) is 7.11 Å². The van der Waals surface area contributed by atoms with Crippen LogP contribution in [0, 0.1) is 25.3 Å². The Labute approximate surface area is 138 Å². The molecule has 0 saturated carbocycles. The highest BCUT2D eigenvalue weighted by Crippen LogP contribution is 2.40. The van der Waals surface area contributed by atoms with Gasteiger partial charge in [-0.2, -0.15) is 0 Å². The van der Waals surface area contributed by atoms with Gasteiger partial charge in [0.15, 0.2) is 0 Å². The molecule has 1 aromatic carbocycles. The Bertz CT molecular complexity index is 528. The van der Waals surface area contributed by atoms with Gasteiger partial charge in [0.05, 0.1) is 7.11 Å². The number of aryl methyl sites for hydroxylation is 2. The summed E-state index contributed by atoms with van der Waals surface area (Å²) >= 11 is 0. The van der Waals surface area contributed by atoms with Crippen LogP contribution in [0.2, 0.25) is 16.6 Å². The minimum atomic E-state index is -1.67. The maximum Gasteiger partial charge on any atom is 0.146 e. The first-order chi connectivity index (χ1) is 10.2. The van der Waals surface area contributed by atoms with E-state index in [-0.39, 0.29) is 0 Å². The fourth-order valence-electron chi connectivity index (χ4n) is 3.84. The largest absolute Gasteiger partial charge is 0.497 e. The summed E-state index contributed by atoms with van der Waals surface area (Å²) in [4.78, 5) is 0. The summed E-state index contributed by atoms with van der Waals surface area (Å²) in [5.41, 5.74) is 9.42. The van der Waals surface area contributed by atoms with E-state index in [2.05, 4.69) is 79.0 Å². The molecule has 0 amide bonds. The van der Waals surface area contributed by atoms with E-state index >= 15 is 0 Å². The van der Waals surface area contributed by atoms with Crippen molar-refractivity contribution < 1.29 is 4.74 Å². The molecule has 1 aromatic rings. The summed E-state index contributed by atoms with van der Waals surface area (Å²) in [6.45, 7) is 18.4. The molecule has 0 atom stereocenters. The first-order valence-electron chi connectivity index (χ1n) is 8.35. The highest BCUT2D eigenvalue weighted by atomic mass is 28.3. The van der Waals surface area contributed by atoms with Gasteiger partial charge in [0, 0.05) is 5.56 Å². The number of benzene rings is 1. The summed E-state index contributed by atoms with van der Waals surface area (Å²) in [6, 6.07) is 4.17. The Morgan fingerprint density at radius 3 is 1.59 bits per heavy atom. The normalized spacial score (nSPS) is 11.8. The monoisotopic (exact) mass is 316 g/mol. The highest BCUT2D eigenvalue weighted by Gasteiger charge is 2.41. The van der Waals surface area contributed by atoms with Crippen molar-refractivity contribution in [3.63, 3.8) is 0 Å². The Kier molecular flexibility index (Phi) is 6.32. The van der Waals surface area contributed by atoms with Crippen LogP contribution in [-0.4, -0.2) is 15.2 Å². The van der Waals surface area contributed by atoms with Crippen LogP contribution in [0.4, 0.5) is 0 Å². The van der Waals surface area contributed by atoms with Gasteiger partial charge in [-0.15, -0.1) is 5.54 Å². The molecule has 0 saturated heterocycles. The third-order valence-corrected chi connectivity index (χ3v) is 11.3. The van der Waals surface area contributed by atoms with Gasteiger partial charge in [-0.25, -0.2) is 0 Å². The second kappa shape index (κ2) is 7.37. The van der Waals surface area contributed by atoms with Crippen LogP contribution in [0.5, 0.6) is 5.75 Å². The first-order valence-corrected chi connectivity index (χ1v) is 10.6. The fourth-order valence-corrected chi connectivity index (χ4v) is 9.05. The van der Waals surface area contributed by atoms with Crippen molar-refractivity contribution in [1.29, 1.82) is 0 Å². The lowest BCUT2D eigenvalue weighted by atomic mass is 10.0. The molecule has 0 aliphatic carbocycles. The maximum atomic E-state index is 5.35. The number of hydrogen-bond acceptors (Lipinski definition) is 1. The van der Waals surface area contributed by atoms with Gasteiger partial charge in [-0.05, 0) is 53.7 Å². The molecule has 122 valence electrons. The van der Waals surface area contributed by atoms with E-state index < -0.39 is 8.07 Å². The first kappa shape index (κ1) is 18.8. The minimum absolute atomic E-state index is 0.666. The van der Waals surface area contributed by atoms with Crippen LogP contribution < -0.4 is 4.74 Å². The minimum Gasteiger partial charge on any atom is -0.497 e. The fraction of sp³-hybridized carbons (Fsp3) is 0.600. The molecular weight excluding hydrogens is 284 g/mol. The van der Waals surface area contributed by atoms with E-state index in [1.165, 1.54) is 16.7 Å². The van der Waals surface area contributed by atoms with Crippen LogP contribution in [0.25, 0.3) is 0 Å². The van der Waals surface area contributed by atoms with Crippen LogP contribution >= 0.6 is 0 Å². The van der Waals surface area contributed by atoms with Crippen molar-refractivity contribution >= 4 is 8.07 Å². The average Bonchev–Trinajstić information content (AvgIpc) is 2.40. The van der Waals surface area contributed by atoms with Crippen molar-refractivity contribution in [2.45, 2.75) is 72.0 Å². The van der Waals surface area contributed by atoms with Gasteiger partial charge in [0.2, 0.25) is 0 Å². The Hall–Kier alpha value is -1.20. The molecule has 0 unspecified atom stereocenters. The number of methoxy groups -OCH3 is 1. The molecule has 1 rings (SSSR count). The molecule has 1 nitrogen and oxygen atoms in total. The topological polar surface area (TPSA) is 9.23 Å². The van der Waals surface area contributed by atoms with E-state index in [0.717, 1.165) is 5.75 Å². The maximum absolute atomic E-state index is 5.35. The predicted molar refractivity (Wildman–Crippen MR) is 100 cm³/mol. The molecule has 22 heavy (non-hydrogen) atoms. The third kappa shape index (κ3) is 3.58. The lowest BCUT2D eigenvalue weighted by molar-refractivity contribution is 0.414. The molecule has 0 fully saturated rings. The van der Waals surface area contributed by atoms with Crippen molar-refractivity contribution in [2.24, 2.45) is 0 Å². The summed E-state index contributed by atoms with van der Waals surface area (Å²) in [7, 11) is 0.0456. The van der Waals surface area contributed by atoms with Crippen molar-refractivity contribution in [1.82, 2.24) is 0 Å². The van der Waals surface area contributed by atoms with Gasteiger partial charge >= 0.3 is 0 Å². The second-order valence-electron chi connectivity index (χ2n) is 7.28. The summed E-state index contributed by atoms with van der Waals surface area (Å²) in [6.07, 6.45) is 0. The number of ether oxygens (including phenoxy) is 1. The quantitative estimate of drug-likeness (QED) is 0.498. The van der Waals surface area contributed by atoms with Crippen molar-refractivity contribution in [3.8, 4) is 17.2 Å². The van der Waals surface area contributed by atoms with Gasteiger partial charge in [0.25, 0.3) is 0 Å². The Morgan fingerprint density at radius 2 is 1.27 bits per heavy atom. The SMILES string of the molecule is COc1cc(C)c(C#C[Si](C(C)C)(C(C)C)C(C)C)c(C)c1. The van der Waals surface area contributed by atoms with Crippen LogP contribution in [0.3, 0.4) is 0 Å². The lowest BCUT2D eigenvalue weighted by Gasteiger charge is -2.38. The molecule has 0 aromatic heterocycles. The highest BCUT2D eigenvalue weighted by molar-refractivity contribution is 6.90.